The molecule has 122 valence electrons. The summed E-state index contributed by atoms with van der Waals surface area (Å²) >= 11 is 5.94. The van der Waals surface area contributed by atoms with Gasteiger partial charge < -0.3 is 0 Å². The lowest BCUT2D eigenvalue weighted by Crippen LogP contribution is -2.36. The van der Waals surface area contributed by atoms with Crippen molar-refractivity contribution in [1.82, 2.24) is 14.3 Å². The summed E-state index contributed by atoms with van der Waals surface area (Å²) in [5, 5.41) is 1.32. The molecule has 0 aliphatic carbocycles. The van der Waals surface area contributed by atoms with Crippen LogP contribution >= 0.6 is 11.6 Å². The number of pyridine rings is 2. The summed E-state index contributed by atoms with van der Waals surface area (Å²) in [6, 6.07) is 12.1. The molecule has 3 aromatic rings. The molecule has 24 heavy (non-hydrogen) atoms. The Kier molecular flexibility index (Phi) is 3.75. The smallest absolute Gasteiger partial charge is 0.237 e. The van der Waals surface area contributed by atoms with Gasteiger partial charge in [0.05, 0.1) is 4.90 Å². The predicted octanol–water partition coefficient (Wildman–Crippen LogP) is 3.03. The van der Waals surface area contributed by atoms with E-state index in [0.29, 0.717) is 30.2 Å². The molecule has 0 N–H and O–H groups in total. The van der Waals surface area contributed by atoms with Crippen LogP contribution in [0.3, 0.4) is 0 Å². The van der Waals surface area contributed by atoms with Crippen LogP contribution in [0.5, 0.6) is 0 Å². The van der Waals surface area contributed by atoms with E-state index >= 15 is 0 Å². The average Bonchev–Trinajstić information content (AvgIpc) is 2.59. The predicted molar refractivity (Wildman–Crippen MR) is 92.3 cm³/mol. The van der Waals surface area contributed by atoms with Gasteiger partial charge in [0.15, 0.2) is 5.65 Å². The zero-order valence-corrected chi connectivity index (χ0v) is 14.3. The van der Waals surface area contributed by atoms with E-state index in [1.165, 1.54) is 10.4 Å². The van der Waals surface area contributed by atoms with Crippen LogP contribution in [0, 0.1) is 0 Å². The van der Waals surface area contributed by atoms with Gasteiger partial charge in [-0.2, -0.15) is 4.31 Å². The molecule has 2 aromatic heterocycles. The van der Waals surface area contributed by atoms with E-state index in [4.69, 9.17) is 11.6 Å². The quantitative estimate of drug-likeness (QED) is 0.705. The lowest BCUT2D eigenvalue weighted by atomic mass is 10.1. The minimum atomic E-state index is -3.58. The van der Waals surface area contributed by atoms with Crippen molar-refractivity contribution >= 4 is 32.7 Å². The third-order valence-corrected chi connectivity index (χ3v) is 6.21. The van der Waals surface area contributed by atoms with Crippen LogP contribution in [-0.2, 0) is 23.0 Å². The maximum atomic E-state index is 12.8. The van der Waals surface area contributed by atoms with Crippen molar-refractivity contribution in [3.8, 4) is 0 Å². The second kappa shape index (κ2) is 5.81. The number of benzene rings is 1. The Morgan fingerprint density at radius 1 is 1.12 bits per heavy atom. The minimum absolute atomic E-state index is 0.217. The summed E-state index contributed by atoms with van der Waals surface area (Å²) in [6.45, 7) is 0.704. The Morgan fingerprint density at radius 3 is 2.83 bits per heavy atom. The molecule has 0 unspecified atom stereocenters. The fourth-order valence-electron chi connectivity index (χ4n) is 2.92. The highest BCUT2D eigenvalue weighted by Crippen LogP contribution is 2.27. The Balaban J connectivity index is 1.72. The highest BCUT2D eigenvalue weighted by atomic mass is 35.5. The molecule has 0 saturated heterocycles. The molecule has 7 heteroatoms. The second-order valence-electron chi connectivity index (χ2n) is 5.69. The molecule has 4 rings (SSSR count). The summed E-state index contributed by atoms with van der Waals surface area (Å²) < 4.78 is 27.2. The van der Waals surface area contributed by atoms with E-state index in [9.17, 15) is 8.42 Å². The minimum Gasteiger partial charge on any atom is -0.237 e. The van der Waals surface area contributed by atoms with Gasteiger partial charge in [-0.1, -0.05) is 17.7 Å². The van der Waals surface area contributed by atoms with Gasteiger partial charge in [-0.25, -0.2) is 18.4 Å². The Bertz CT molecular complexity index is 1040. The highest BCUT2D eigenvalue weighted by Gasteiger charge is 2.29. The maximum Gasteiger partial charge on any atom is 0.243 e. The number of rotatable bonds is 2. The normalized spacial score (nSPS) is 15.4. The summed E-state index contributed by atoms with van der Waals surface area (Å²) in [5.41, 5.74) is 2.54. The Labute approximate surface area is 145 Å². The van der Waals surface area contributed by atoms with Crippen LogP contribution in [0.25, 0.3) is 11.0 Å². The first-order valence-electron chi connectivity index (χ1n) is 7.53. The first-order valence-corrected chi connectivity index (χ1v) is 9.35. The molecular weight excluding hydrogens is 346 g/mol. The standard InChI is InChI=1S/C17H14ClN3O2S/c18-14-4-1-5-15(10-14)24(22,23)21-8-6-16-13(11-21)9-12-3-2-7-19-17(12)20-16/h1-5,7,9-10H,6,8,11H2. The fraction of sp³-hybridized carbons (Fsp3) is 0.176. The number of aromatic nitrogens is 2. The van der Waals surface area contributed by atoms with Crippen LogP contribution in [0.4, 0.5) is 0 Å². The number of nitrogens with zero attached hydrogens (tertiary/aromatic N) is 3. The average molecular weight is 360 g/mol. The van der Waals surface area contributed by atoms with Gasteiger partial charge in [0.1, 0.15) is 0 Å². The third kappa shape index (κ3) is 2.66. The lowest BCUT2D eigenvalue weighted by Gasteiger charge is -2.27. The van der Waals surface area contributed by atoms with Crippen molar-refractivity contribution in [2.24, 2.45) is 0 Å². The third-order valence-electron chi connectivity index (χ3n) is 4.14. The van der Waals surface area contributed by atoms with E-state index in [0.717, 1.165) is 16.6 Å². The lowest BCUT2D eigenvalue weighted by molar-refractivity contribution is 0.388. The molecule has 0 spiro atoms. The summed E-state index contributed by atoms with van der Waals surface area (Å²) in [5.74, 6) is 0. The molecule has 0 saturated carbocycles. The largest absolute Gasteiger partial charge is 0.243 e. The summed E-state index contributed by atoms with van der Waals surface area (Å²) in [6.07, 6.45) is 2.28. The summed E-state index contributed by atoms with van der Waals surface area (Å²) in [7, 11) is -3.58. The van der Waals surface area contributed by atoms with Crippen LogP contribution in [0.15, 0.2) is 53.6 Å². The van der Waals surface area contributed by atoms with Crippen LogP contribution in [0.2, 0.25) is 5.02 Å². The molecule has 1 aliphatic heterocycles. The van der Waals surface area contributed by atoms with Gasteiger partial charge in [0, 0.05) is 41.8 Å². The van der Waals surface area contributed by atoms with E-state index in [1.807, 2.05) is 18.2 Å². The van der Waals surface area contributed by atoms with Gasteiger partial charge in [-0.05, 0) is 42.0 Å². The van der Waals surface area contributed by atoms with E-state index in [2.05, 4.69) is 9.97 Å². The van der Waals surface area contributed by atoms with Crippen LogP contribution in [-0.4, -0.2) is 29.2 Å². The number of halogens is 1. The maximum absolute atomic E-state index is 12.8. The van der Waals surface area contributed by atoms with E-state index < -0.39 is 10.0 Å². The molecule has 0 bridgehead atoms. The molecule has 1 aromatic carbocycles. The topological polar surface area (TPSA) is 63.2 Å². The van der Waals surface area contributed by atoms with Crippen molar-refractivity contribution in [3.63, 3.8) is 0 Å². The van der Waals surface area contributed by atoms with Crippen molar-refractivity contribution in [3.05, 3.63) is 64.9 Å². The number of hydrogen-bond donors (Lipinski definition) is 0. The Hall–Kier alpha value is -2.02. The number of sulfonamides is 1. The SMILES string of the molecule is O=S(=O)(c1cccc(Cl)c1)N1CCc2nc3ncccc3cc2C1. The Morgan fingerprint density at radius 2 is 2.00 bits per heavy atom. The van der Waals surface area contributed by atoms with Crippen molar-refractivity contribution in [2.45, 2.75) is 17.9 Å². The van der Waals surface area contributed by atoms with E-state index in [-0.39, 0.29) is 4.90 Å². The fourth-order valence-corrected chi connectivity index (χ4v) is 4.64. The molecule has 0 amide bonds. The molecule has 5 nitrogen and oxygen atoms in total. The van der Waals surface area contributed by atoms with Gasteiger partial charge in [-0.15, -0.1) is 0 Å². The van der Waals surface area contributed by atoms with Crippen molar-refractivity contribution in [2.75, 3.05) is 6.54 Å². The van der Waals surface area contributed by atoms with Crippen molar-refractivity contribution < 1.29 is 8.42 Å². The zero-order valence-electron chi connectivity index (χ0n) is 12.7. The second-order valence-corrected chi connectivity index (χ2v) is 8.06. The molecule has 0 radical (unpaired) electrons. The van der Waals surface area contributed by atoms with E-state index in [1.54, 1.807) is 24.4 Å². The highest BCUT2D eigenvalue weighted by molar-refractivity contribution is 7.89. The first-order chi connectivity index (χ1) is 11.5. The number of fused-ring (bicyclic) bond motifs is 2. The van der Waals surface area contributed by atoms with Gasteiger partial charge in [-0.3, -0.25) is 0 Å². The first kappa shape index (κ1) is 15.5. The molecule has 1 aliphatic rings. The van der Waals surface area contributed by atoms with Crippen LogP contribution < -0.4 is 0 Å². The molecular formula is C17H14ClN3O2S. The number of hydrogen-bond acceptors (Lipinski definition) is 4. The van der Waals surface area contributed by atoms with Crippen LogP contribution in [0.1, 0.15) is 11.3 Å². The van der Waals surface area contributed by atoms with Gasteiger partial charge in [0.25, 0.3) is 0 Å². The monoisotopic (exact) mass is 359 g/mol. The molecule has 0 atom stereocenters. The van der Waals surface area contributed by atoms with Crippen molar-refractivity contribution in [1.29, 1.82) is 0 Å². The molecule has 0 fully saturated rings. The zero-order chi connectivity index (χ0) is 16.7. The van der Waals surface area contributed by atoms with Gasteiger partial charge >= 0.3 is 0 Å². The molecule has 3 heterocycles. The van der Waals surface area contributed by atoms with Gasteiger partial charge in [0.2, 0.25) is 10.0 Å². The summed E-state index contributed by atoms with van der Waals surface area (Å²) in [4.78, 5) is 9.04.